The summed E-state index contributed by atoms with van der Waals surface area (Å²) in [6, 6.07) is 13.0. The van der Waals surface area contributed by atoms with E-state index in [0.29, 0.717) is 53.1 Å². The van der Waals surface area contributed by atoms with Gasteiger partial charge in [0.05, 0.1) is 12.4 Å². The van der Waals surface area contributed by atoms with E-state index in [1.807, 2.05) is 0 Å². The number of hydrogen-bond acceptors (Lipinski definition) is 10. The maximum Gasteiger partial charge on any atom is 0.433 e. The van der Waals surface area contributed by atoms with E-state index in [1.165, 1.54) is 15.9 Å². The van der Waals surface area contributed by atoms with Crippen molar-refractivity contribution < 1.29 is 55.7 Å². The molecule has 0 spiro atoms. The van der Waals surface area contributed by atoms with Gasteiger partial charge in [0.25, 0.3) is 23.6 Å². The van der Waals surface area contributed by atoms with Crippen LogP contribution in [0.3, 0.4) is 0 Å². The molecule has 0 bridgehead atoms. The largest absolute Gasteiger partial charge is 0.433 e. The Bertz CT molecular complexity index is 3010. The zero-order valence-electron chi connectivity index (χ0n) is 33.7. The van der Waals surface area contributed by atoms with Crippen LogP contribution in [-0.4, -0.2) is 111 Å². The first kappa shape index (κ1) is 47.1. The number of primary amides is 2. The summed E-state index contributed by atoms with van der Waals surface area (Å²) in [5.74, 6) is 4.59. The van der Waals surface area contributed by atoms with Crippen LogP contribution in [0.1, 0.15) is 50.8 Å². The SMILES string of the molecule is C#C[C@]1(O)CCN(C)C1=O.CN1CC[C@@](O)(C#Cc2cccc(-c3nc(C(N)=O)cn4c(C(F)(F)F)cnc34)c2)C1=O.NC(=O)c1cn2c(C(F)(F)F)cnc2c(-c2cccc(Br)c2)n1. The van der Waals surface area contributed by atoms with Gasteiger partial charge in [-0.15, -0.1) is 6.42 Å². The summed E-state index contributed by atoms with van der Waals surface area (Å²) in [5, 5.41) is 19.8. The first-order valence-corrected chi connectivity index (χ1v) is 19.5. The van der Waals surface area contributed by atoms with Crippen LogP contribution in [0.15, 0.2) is 77.8 Å². The van der Waals surface area contributed by atoms with Gasteiger partial charge in [-0.1, -0.05) is 58.0 Å². The maximum absolute atomic E-state index is 13.4. The number of nitrogens with two attached hydrogens (primary N) is 2. The number of hydrogen-bond donors (Lipinski definition) is 4. The Morgan fingerprint density at radius 3 is 1.58 bits per heavy atom. The van der Waals surface area contributed by atoms with Gasteiger partial charge < -0.3 is 31.5 Å². The number of carbonyl (C=O) groups is 4. The molecule has 336 valence electrons. The summed E-state index contributed by atoms with van der Waals surface area (Å²) in [6.45, 7) is 0.910. The molecular formula is C42H33BrF6N10O6. The predicted molar refractivity (Wildman–Crippen MR) is 222 cm³/mol. The minimum atomic E-state index is -4.71. The quantitative estimate of drug-likeness (QED) is 0.147. The number of amides is 4. The molecule has 4 amide bonds. The Morgan fingerprint density at radius 1 is 0.754 bits per heavy atom. The van der Waals surface area contributed by atoms with Crippen LogP contribution in [0.4, 0.5) is 26.3 Å². The van der Waals surface area contributed by atoms with Crippen molar-refractivity contribution >= 4 is 50.9 Å². The lowest BCUT2D eigenvalue weighted by molar-refractivity contribution is -0.142. The minimum absolute atomic E-state index is 0.00385. The number of rotatable bonds is 4. The van der Waals surface area contributed by atoms with Crippen molar-refractivity contribution in [1.82, 2.24) is 38.5 Å². The van der Waals surface area contributed by atoms with Crippen LogP contribution in [0, 0.1) is 24.2 Å². The molecule has 23 heteroatoms. The van der Waals surface area contributed by atoms with Crippen molar-refractivity contribution in [2.45, 2.75) is 36.4 Å². The molecule has 2 aliphatic heterocycles. The van der Waals surface area contributed by atoms with Gasteiger partial charge in [-0.3, -0.25) is 28.0 Å². The molecule has 0 unspecified atom stereocenters. The molecular weight excluding hydrogens is 934 g/mol. The second-order valence-electron chi connectivity index (χ2n) is 14.5. The van der Waals surface area contributed by atoms with Gasteiger partial charge in [-0.05, 0) is 24.3 Å². The van der Waals surface area contributed by atoms with Crippen LogP contribution < -0.4 is 11.5 Å². The van der Waals surface area contributed by atoms with Crippen molar-refractivity contribution in [2.24, 2.45) is 11.5 Å². The van der Waals surface area contributed by atoms with E-state index in [0.717, 1.165) is 21.2 Å². The number of halogens is 7. The van der Waals surface area contributed by atoms with E-state index in [9.17, 15) is 55.7 Å². The highest BCUT2D eigenvalue weighted by Crippen LogP contribution is 2.34. The van der Waals surface area contributed by atoms with Gasteiger partial charge in [0.2, 0.25) is 11.2 Å². The van der Waals surface area contributed by atoms with Gasteiger partial charge in [0, 0.05) is 73.6 Å². The second kappa shape index (κ2) is 17.7. The first-order chi connectivity index (χ1) is 30.4. The summed E-state index contributed by atoms with van der Waals surface area (Å²) in [7, 11) is 3.18. The average molecular weight is 968 g/mol. The minimum Gasteiger partial charge on any atom is -0.369 e. The highest BCUT2D eigenvalue weighted by molar-refractivity contribution is 9.10. The van der Waals surface area contributed by atoms with E-state index in [-0.39, 0.29) is 46.4 Å². The van der Waals surface area contributed by atoms with Crippen LogP contribution >= 0.6 is 15.9 Å². The van der Waals surface area contributed by atoms with Gasteiger partial charge in [0.15, 0.2) is 11.3 Å². The Labute approximate surface area is 372 Å². The molecule has 6 heterocycles. The highest BCUT2D eigenvalue weighted by atomic mass is 79.9. The Balaban J connectivity index is 0.000000184. The number of fused-ring (bicyclic) bond motifs is 2. The van der Waals surface area contributed by atoms with Gasteiger partial charge in [-0.2, -0.15) is 26.3 Å². The smallest absolute Gasteiger partial charge is 0.369 e. The molecule has 0 radical (unpaired) electrons. The maximum atomic E-state index is 13.4. The number of alkyl halides is 6. The summed E-state index contributed by atoms with van der Waals surface area (Å²) in [4.78, 5) is 64.8. The third kappa shape index (κ3) is 9.77. The third-order valence-corrected chi connectivity index (χ3v) is 10.5. The van der Waals surface area contributed by atoms with Crippen LogP contribution in [-0.2, 0) is 21.9 Å². The van der Waals surface area contributed by atoms with Gasteiger partial charge in [-0.25, -0.2) is 19.9 Å². The number of nitrogens with zero attached hydrogens (tertiary/aromatic N) is 8. The van der Waals surface area contributed by atoms with Crippen molar-refractivity contribution in [2.75, 3.05) is 27.2 Å². The fraction of sp³-hybridized carbons (Fsp3) is 0.238. The van der Waals surface area contributed by atoms with E-state index < -0.39 is 52.7 Å². The van der Waals surface area contributed by atoms with Crippen LogP contribution in [0.25, 0.3) is 33.8 Å². The number of terminal acetylenes is 1. The third-order valence-electron chi connectivity index (χ3n) is 9.98. The lowest BCUT2D eigenvalue weighted by Crippen LogP contribution is -2.37. The number of likely N-dealkylation sites (tertiary alicyclic amines) is 2. The molecule has 0 saturated carbocycles. The van der Waals surface area contributed by atoms with E-state index in [1.54, 1.807) is 56.6 Å². The zero-order valence-corrected chi connectivity index (χ0v) is 35.3. The number of likely N-dealkylation sites (N-methyl/N-ethyl adjacent to an activating group) is 2. The molecule has 2 fully saturated rings. The van der Waals surface area contributed by atoms with Crippen molar-refractivity contribution in [3.05, 3.63) is 106 Å². The van der Waals surface area contributed by atoms with E-state index in [2.05, 4.69) is 53.6 Å². The standard InChI is InChI=1S/C21H16F3N5O3.C14H8BrF3N4O.C7H9NO2/c1-28-8-7-20(32,19(28)31)6-5-12-3-2-4-13(9-12)16-18-26-10-15(21(22,23)24)29(18)11-14(27-16)17(25)30;15-8-3-1-2-7(4-8)11-13-20-5-10(14(16,17)18)22(13)6-9(21-11)12(19)23;1-3-7(10)4-5-8(2)6(7)9/h2-4,9-11,32H,7-8H2,1H3,(H2,25,30);1-6H,(H2,19,23);1,10H,4-5H2,2H3/t20-;;7-/m0.0/s1. The Kier molecular flexibility index (Phi) is 12.8. The highest BCUT2D eigenvalue weighted by Gasteiger charge is 2.43. The number of benzene rings is 2. The molecule has 6 N–H and O–H groups in total. The molecule has 8 rings (SSSR count). The van der Waals surface area contributed by atoms with Crippen molar-refractivity contribution in [3.63, 3.8) is 0 Å². The van der Waals surface area contributed by atoms with Crippen LogP contribution in [0.2, 0.25) is 0 Å². The monoisotopic (exact) mass is 966 g/mol. The van der Waals surface area contributed by atoms with E-state index in [4.69, 9.17) is 17.9 Å². The molecule has 16 nitrogen and oxygen atoms in total. The number of imidazole rings is 2. The fourth-order valence-corrected chi connectivity index (χ4v) is 6.93. The first-order valence-electron chi connectivity index (χ1n) is 18.7. The van der Waals surface area contributed by atoms with Crippen LogP contribution in [0.5, 0.6) is 0 Å². The summed E-state index contributed by atoms with van der Waals surface area (Å²) >= 11 is 3.28. The number of aliphatic hydroxyl groups is 2. The average Bonchev–Trinajstić information content (AvgIpc) is 4.02. The fourth-order valence-electron chi connectivity index (χ4n) is 6.53. The molecule has 2 aromatic carbocycles. The molecule has 4 aromatic heterocycles. The zero-order chi connectivity index (χ0) is 47.8. The molecule has 2 aliphatic rings. The molecule has 2 saturated heterocycles. The van der Waals surface area contributed by atoms with Gasteiger partial charge in [0.1, 0.15) is 34.2 Å². The molecule has 65 heavy (non-hydrogen) atoms. The Morgan fingerprint density at radius 2 is 1.20 bits per heavy atom. The number of aromatic nitrogens is 6. The Hall–Kier alpha value is -7.34. The lowest BCUT2D eigenvalue weighted by atomic mass is 10.0. The molecule has 0 aliphatic carbocycles. The van der Waals surface area contributed by atoms with Crippen molar-refractivity contribution in [3.8, 4) is 46.7 Å². The molecule has 2 atom stereocenters. The topological polar surface area (TPSA) is 228 Å². The normalized spacial score (nSPS) is 18.4. The second-order valence-corrected chi connectivity index (χ2v) is 15.4. The number of carbonyl (C=O) groups excluding carboxylic acids is 4. The van der Waals surface area contributed by atoms with Gasteiger partial charge >= 0.3 is 12.4 Å². The summed E-state index contributed by atoms with van der Waals surface area (Å²) in [6.07, 6.45) is -0.684. The van der Waals surface area contributed by atoms with Crippen molar-refractivity contribution in [1.29, 1.82) is 0 Å². The lowest BCUT2D eigenvalue weighted by Gasteiger charge is -2.13. The summed E-state index contributed by atoms with van der Waals surface area (Å²) < 4.78 is 81.5. The predicted octanol–water partition coefficient (Wildman–Crippen LogP) is 3.95. The molecule has 6 aromatic rings. The van der Waals surface area contributed by atoms with E-state index >= 15 is 0 Å². The summed E-state index contributed by atoms with van der Waals surface area (Å²) in [5.41, 5.74) is 5.59.